The van der Waals surface area contributed by atoms with Crippen LogP contribution in [0.2, 0.25) is 5.02 Å². The predicted octanol–water partition coefficient (Wildman–Crippen LogP) is 2.40. The van der Waals surface area contributed by atoms with Crippen molar-refractivity contribution in [1.29, 1.82) is 0 Å². The van der Waals surface area contributed by atoms with Crippen molar-refractivity contribution < 1.29 is 9.59 Å². The van der Waals surface area contributed by atoms with Gasteiger partial charge in [0.15, 0.2) is 5.82 Å². The van der Waals surface area contributed by atoms with Gasteiger partial charge in [0.05, 0.1) is 16.6 Å². The van der Waals surface area contributed by atoms with Crippen LogP contribution in [0.3, 0.4) is 0 Å². The van der Waals surface area contributed by atoms with E-state index in [0.717, 1.165) is 0 Å². The summed E-state index contributed by atoms with van der Waals surface area (Å²) in [7, 11) is 0. The van der Waals surface area contributed by atoms with Gasteiger partial charge < -0.3 is 15.2 Å². The number of carbonyl (C=O) groups is 2. The molecule has 2 aromatic rings. The lowest BCUT2D eigenvalue weighted by Gasteiger charge is -2.15. The Kier molecular flexibility index (Phi) is 5.33. The van der Waals surface area contributed by atoms with Crippen LogP contribution in [0.1, 0.15) is 43.0 Å². The van der Waals surface area contributed by atoms with Crippen molar-refractivity contribution in [3.8, 4) is 0 Å². The Hall–Kier alpha value is -2.41. The molecule has 1 heterocycles. The van der Waals surface area contributed by atoms with Crippen molar-refractivity contribution in [3.05, 3.63) is 40.9 Å². The van der Waals surface area contributed by atoms with E-state index < -0.39 is 0 Å². The zero-order valence-corrected chi connectivity index (χ0v) is 13.9. The minimum absolute atomic E-state index is 0.203. The molecule has 122 valence electrons. The first-order valence-electron chi connectivity index (χ1n) is 7.18. The summed E-state index contributed by atoms with van der Waals surface area (Å²) in [4.78, 5) is 23.4. The summed E-state index contributed by atoms with van der Waals surface area (Å²) in [6, 6.07) is 4.43. The van der Waals surface area contributed by atoms with Gasteiger partial charge >= 0.3 is 0 Å². The molecule has 8 heteroatoms. The van der Waals surface area contributed by atoms with E-state index in [1.54, 1.807) is 18.5 Å². The highest BCUT2D eigenvalue weighted by molar-refractivity contribution is 6.34. The van der Waals surface area contributed by atoms with Gasteiger partial charge in [-0.1, -0.05) is 11.6 Å². The summed E-state index contributed by atoms with van der Waals surface area (Å²) in [5.74, 6) is 0.153. The fourth-order valence-corrected chi connectivity index (χ4v) is 2.43. The number of hydrogen-bond donors (Lipinski definition) is 2. The molecule has 2 N–H and O–H groups in total. The van der Waals surface area contributed by atoms with Gasteiger partial charge in [-0.25, -0.2) is 0 Å². The number of carbonyl (C=O) groups excluding carboxylic acids is 2. The van der Waals surface area contributed by atoms with Crippen LogP contribution in [0.5, 0.6) is 0 Å². The van der Waals surface area contributed by atoms with Crippen LogP contribution < -0.4 is 10.6 Å². The number of anilines is 1. The average molecular weight is 336 g/mol. The Balaban J connectivity index is 2.13. The lowest BCUT2D eigenvalue weighted by molar-refractivity contribution is -0.114. The van der Waals surface area contributed by atoms with Crippen molar-refractivity contribution in [2.24, 2.45) is 0 Å². The van der Waals surface area contributed by atoms with E-state index in [4.69, 9.17) is 11.6 Å². The van der Waals surface area contributed by atoms with E-state index in [-0.39, 0.29) is 22.9 Å². The quantitative estimate of drug-likeness (QED) is 0.878. The molecule has 23 heavy (non-hydrogen) atoms. The van der Waals surface area contributed by atoms with Crippen LogP contribution in [-0.4, -0.2) is 26.6 Å². The second-order valence-corrected chi connectivity index (χ2v) is 5.45. The lowest BCUT2D eigenvalue weighted by atomic mass is 10.1. The largest absolute Gasteiger partial charge is 0.342 e. The molecule has 0 aliphatic rings. The predicted molar refractivity (Wildman–Crippen MR) is 87.3 cm³/mol. The molecule has 0 radical (unpaired) electrons. The van der Waals surface area contributed by atoms with Crippen LogP contribution in [0.15, 0.2) is 24.5 Å². The summed E-state index contributed by atoms with van der Waals surface area (Å²) in [5, 5.41) is 13.6. The van der Waals surface area contributed by atoms with E-state index in [1.807, 2.05) is 18.4 Å². The molecule has 0 fully saturated rings. The number of nitrogens with one attached hydrogen (secondary N) is 2. The third-order valence-electron chi connectivity index (χ3n) is 3.26. The maximum atomic E-state index is 12.4. The maximum Gasteiger partial charge on any atom is 0.253 e. The number of aryl methyl sites for hydroxylation is 1. The van der Waals surface area contributed by atoms with Crippen molar-refractivity contribution in [3.63, 3.8) is 0 Å². The Morgan fingerprint density at radius 2 is 2.13 bits per heavy atom. The second-order valence-electron chi connectivity index (χ2n) is 5.05. The summed E-state index contributed by atoms with van der Waals surface area (Å²) < 4.78 is 1.85. The number of amides is 2. The van der Waals surface area contributed by atoms with Gasteiger partial charge in [-0.05, 0) is 32.0 Å². The first kappa shape index (κ1) is 17.0. The van der Waals surface area contributed by atoms with Crippen molar-refractivity contribution in [2.75, 3.05) is 5.32 Å². The SMILES string of the molecule is CCn1cnnc1C(C)NC(=O)c1ccc(NC(C)=O)cc1Cl. The van der Waals surface area contributed by atoms with Crippen molar-refractivity contribution >= 4 is 29.1 Å². The number of halogens is 1. The van der Waals surface area contributed by atoms with Crippen LogP contribution >= 0.6 is 11.6 Å². The summed E-state index contributed by atoms with van der Waals surface area (Å²) in [5.41, 5.74) is 0.869. The summed E-state index contributed by atoms with van der Waals surface area (Å²) >= 11 is 6.13. The lowest BCUT2D eigenvalue weighted by Crippen LogP contribution is -2.29. The van der Waals surface area contributed by atoms with E-state index in [2.05, 4.69) is 20.8 Å². The minimum Gasteiger partial charge on any atom is -0.342 e. The molecule has 1 unspecified atom stereocenters. The van der Waals surface area contributed by atoms with Crippen LogP contribution in [-0.2, 0) is 11.3 Å². The number of aromatic nitrogens is 3. The van der Waals surface area contributed by atoms with Gasteiger partial charge in [0.2, 0.25) is 5.91 Å². The van der Waals surface area contributed by atoms with Gasteiger partial charge in [-0.3, -0.25) is 9.59 Å². The Bertz CT molecular complexity index is 728. The van der Waals surface area contributed by atoms with Gasteiger partial charge in [-0.15, -0.1) is 10.2 Å². The fourth-order valence-electron chi connectivity index (χ4n) is 2.16. The Morgan fingerprint density at radius 3 is 2.74 bits per heavy atom. The number of rotatable bonds is 5. The highest BCUT2D eigenvalue weighted by atomic mass is 35.5. The monoisotopic (exact) mass is 335 g/mol. The van der Waals surface area contributed by atoms with Crippen molar-refractivity contribution in [2.45, 2.75) is 33.4 Å². The van der Waals surface area contributed by atoms with Crippen molar-refractivity contribution in [1.82, 2.24) is 20.1 Å². The molecule has 1 atom stereocenters. The smallest absolute Gasteiger partial charge is 0.253 e. The molecule has 0 spiro atoms. The molecule has 0 aliphatic heterocycles. The molecule has 0 bridgehead atoms. The van der Waals surface area contributed by atoms with E-state index in [9.17, 15) is 9.59 Å². The van der Waals surface area contributed by atoms with E-state index in [0.29, 0.717) is 23.6 Å². The first-order chi connectivity index (χ1) is 10.9. The molecular weight excluding hydrogens is 318 g/mol. The first-order valence-corrected chi connectivity index (χ1v) is 7.55. The molecule has 0 saturated carbocycles. The molecule has 7 nitrogen and oxygen atoms in total. The maximum absolute atomic E-state index is 12.4. The Morgan fingerprint density at radius 1 is 1.39 bits per heavy atom. The molecule has 1 aromatic heterocycles. The molecular formula is C15H18ClN5O2. The van der Waals surface area contributed by atoms with E-state index >= 15 is 0 Å². The third kappa shape index (κ3) is 4.07. The third-order valence-corrected chi connectivity index (χ3v) is 3.57. The standard InChI is InChI=1S/C15H18ClN5O2/c1-4-21-8-17-20-14(21)9(2)18-15(23)12-6-5-11(7-13(12)16)19-10(3)22/h5-9H,4H2,1-3H3,(H,18,23)(H,19,22). The highest BCUT2D eigenvalue weighted by Gasteiger charge is 2.18. The van der Waals surface area contributed by atoms with Gasteiger partial charge in [0.25, 0.3) is 5.91 Å². The van der Waals surface area contributed by atoms with Crippen LogP contribution in [0.4, 0.5) is 5.69 Å². The van der Waals surface area contributed by atoms with Crippen LogP contribution in [0.25, 0.3) is 0 Å². The normalized spacial score (nSPS) is 11.8. The van der Waals surface area contributed by atoms with Gasteiger partial charge in [-0.2, -0.15) is 0 Å². The highest BCUT2D eigenvalue weighted by Crippen LogP contribution is 2.22. The van der Waals surface area contributed by atoms with Gasteiger partial charge in [0, 0.05) is 19.2 Å². The summed E-state index contributed by atoms with van der Waals surface area (Å²) in [6.07, 6.45) is 1.62. The topological polar surface area (TPSA) is 88.9 Å². The number of nitrogens with zero attached hydrogens (tertiary/aromatic N) is 3. The van der Waals surface area contributed by atoms with Gasteiger partial charge in [0.1, 0.15) is 6.33 Å². The molecule has 0 saturated heterocycles. The second kappa shape index (κ2) is 7.23. The van der Waals surface area contributed by atoms with E-state index in [1.165, 1.54) is 13.0 Å². The van der Waals surface area contributed by atoms with Crippen LogP contribution in [0, 0.1) is 0 Å². The Labute approximate surface area is 139 Å². The average Bonchev–Trinajstić information content (AvgIpc) is 2.95. The zero-order valence-electron chi connectivity index (χ0n) is 13.1. The number of benzene rings is 1. The molecule has 0 aliphatic carbocycles. The molecule has 1 aromatic carbocycles. The molecule has 2 rings (SSSR count). The zero-order chi connectivity index (χ0) is 17.0. The number of hydrogen-bond acceptors (Lipinski definition) is 4. The minimum atomic E-state index is -0.317. The molecule has 2 amide bonds. The summed E-state index contributed by atoms with van der Waals surface area (Å²) in [6.45, 7) is 5.92. The fraction of sp³-hybridized carbons (Fsp3) is 0.333.